The summed E-state index contributed by atoms with van der Waals surface area (Å²) in [5.74, 6) is 0.197. The van der Waals surface area contributed by atoms with Crippen molar-refractivity contribution < 1.29 is 14.3 Å². The Bertz CT molecular complexity index is 241. The van der Waals surface area contributed by atoms with E-state index in [1.165, 1.54) is 0 Å². The summed E-state index contributed by atoms with van der Waals surface area (Å²) in [4.78, 5) is 13.9. The molecule has 0 aromatic heterocycles. The van der Waals surface area contributed by atoms with Crippen LogP contribution in [0.15, 0.2) is 0 Å². The Morgan fingerprint density at radius 2 is 2.38 bits per heavy atom. The fourth-order valence-corrected chi connectivity index (χ4v) is 2.28. The van der Waals surface area contributed by atoms with Gasteiger partial charge in [0.05, 0.1) is 32.0 Å². The van der Waals surface area contributed by atoms with E-state index in [0.717, 1.165) is 19.4 Å². The molecule has 0 aromatic rings. The van der Waals surface area contributed by atoms with Crippen molar-refractivity contribution in [2.75, 3.05) is 40.0 Å². The minimum atomic E-state index is -0.0155. The summed E-state index contributed by atoms with van der Waals surface area (Å²) >= 11 is 0. The first-order chi connectivity index (χ1) is 7.81. The summed E-state index contributed by atoms with van der Waals surface area (Å²) in [7, 11) is 1.84. The zero-order chi connectivity index (χ0) is 11.4. The molecule has 1 N–H and O–H groups in total. The van der Waals surface area contributed by atoms with Crippen LogP contribution >= 0.6 is 0 Å². The number of hydrogen-bond acceptors (Lipinski definition) is 4. The summed E-state index contributed by atoms with van der Waals surface area (Å²) in [5, 5.41) is 3.06. The van der Waals surface area contributed by atoms with Gasteiger partial charge in [0.2, 0.25) is 5.91 Å². The maximum Gasteiger partial charge on any atom is 0.239 e. The molecular formula is C11H20N2O3. The molecule has 2 unspecified atom stereocenters. The van der Waals surface area contributed by atoms with E-state index >= 15 is 0 Å². The minimum Gasteiger partial charge on any atom is -0.376 e. The van der Waals surface area contributed by atoms with Gasteiger partial charge in [-0.1, -0.05) is 0 Å². The van der Waals surface area contributed by atoms with Crippen LogP contribution in [0.4, 0.5) is 0 Å². The predicted octanol–water partition coefficient (Wildman–Crippen LogP) is -0.388. The second kappa shape index (κ2) is 5.61. The third kappa shape index (κ3) is 2.72. The van der Waals surface area contributed by atoms with E-state index in [9.17, 15) is 4.79 Å². The fourth-order valence-electron chi connectivity index (χ4n) is 2.28. The van der Waals surface area contributed by atoms with E-state index in [0.29, 0.717) is 26.4 Å². The Kier molecular flexibility index (Phi) is 4.15. The van der Waals surface area contributed by atoms with E-state index < -0.39 is 0 Å². The van der Waals surface area contributed by atoms with Crippen LogP contribution in [0.25, 0.3) is 0 Å². The van der Waals surface area contributed by atoms with Gasteiger partial charge in [0, 0.05) is 13.1 Å². The molecule has 16 heavy (non-hydrogen) atoms. The maximum absolute atomic E-state index is 12.0. The van der Waals surface area contributed by atoms with E-state index in [1.54, 1.807) is 0 Å². The highest BCUT2D eigenvalue weighted by molar-refractivity contribution is 5.82. The van der Waals surface area contributed by atoms with Crippen molar-refractivity contribution in [2.24, 2.45) is 0 Å². The van der Waals surface area contributed by atoms with Crippen LogP contribution in [0.5, 0.6) is 0 Å². The second-order valence-electron chi connectivity index (χ2n) is 4.34. The lowest BCUT2D eigenvalue weighted by Gasteiger charge is -2.35. The molecule has 2 rings (SSSR count). The summed E-state index contributed by atoms with van der Waals surface area (Å²) in [6, 6.07) is -0.0155. The van der Waals surface area contributed by atoms with Crippen molar-refractivity contribution in [3.63, 3.8) is 0 Å². The van der Waals surface area contributed by atoms with Gasteiger partial charge >= 0.3 is 0 Å². The first-order valence-electron chi connectivity index (χ1n) is 5.96. The fraction of sp³-hybridized carbons (Fsp3) is 0.909. The molecular weight excluding hydrogens is 208 g/mol. The number of likely N-dealkylation sites (N-methyl/N-ethyl adjacent to an activating group) is 1. The zero-order valence-corrected chi connectivity index (χ0v) is 9.78. The predicted molar refractivity (Wildman–Crippen MR) is 59.2 cm³/mol. The average Bonchev–Trinajstić information content (AvgIpc) is 2.33. The van der Waals surface area contributed by atoms with Crippen LogP contribution in [0.3, 0.4) is 0 Å². The van der Waals surface area contributed by atoms with Crippen molar-refractivity contribution in [1.29, 1.82) is 0 Å². The smallest absolute Gasteiger partial charge is 0.239 e. The molecule has 5 nitrogen and oxygen atoms in total. The molecule has 2 aliphatic heterocycles. The van der Waals surface area contributed by atoms with Crippen LogP contribution < -0.4 is 5.32 Å². The lowest BCUT2D eigenvalue weighted by atomic mass is 10.0. The highest BCUT2D eigenvalue weighted by Crippen LogP contribution is 2.13. The van der Waals surface area contributed by atoms with Crippen molar-refractivity contribution in [3.05, 3.63) is 0 Å². The molecule has 5 heteroatoms. The first-order valence-corrected chi connectivity index (χ1v) is 5.96. The van der Waals surface area contributed by atoms with E-state index in [2.05, 4.69) is 5.32 Å². The van der Waals surface area contributed by atoms with Gasteiger partial charge in [-0.05, 0) is 19.9 Å². The first kappa shape index (κ1) is 11.8. The van der Waals surface area contributed by atoms with Gasteiger partial charge in [0.25, 0.3) is 0 Å². The molecule has 0 spiro atoms. The van der Waals surface area contributed by atoms with Crippen LogP contribution in [0.1, 0.15) is 12.8 Å². The molecule has 0 saturated carbocycles. The number of nitrogens with one attached hydrogen (secondary N) is 1. The van der Waals surface area contributed by atoms with Crippen molar-refractivity contribution in [1.82, 2.24) is 10.2 Å². The molecule has 92 valence electrons. The van der Waals surface area contributed by atoms with Crippen LogP contribution in [0, 0.1) is 0 Å². The highest BCUT2D eigenvalue weighted by atomic mass is 16.6. The summed E-state index contributed by atoms with van der Waals surface area (Å²) < 4.78 is 10.9. The van der Waals surface area contributed by atoms with Crippen LogP contribution in [0.2, 0.25) is 0 Å². The number of ether oxygens (including phenoxy) is 2. The molecule has 0 aliphatic carbocycles. The number of hydrogen-bond donors (Lipinski definition) is 1. The average molecular weight is 228 g/mol. The molecule has 2 atom stereocenters. The SMILES string of the molecule is CNC1CCCN(CC2COCCO2)C1=O. The monoisotopic (exact) mass is 228 g/mol. The molecule has 0 aromatic carbocycles. The number of amides is 1. The van der Waals surface area contributed by atoms with Crippen LogP contribution in [-0.2, 0) is 14.3 Å². The van der Waals surface area contributed by atoms with E-state index in [4.69, 9.17) is 9.47 Å². The van der Waals surface area contributed by atoms with Gasteiger partial charge < -0.3 is 19.7 Å². The second-order valence-corrected chi connectivity index (χ2v) is 4.34. The number of carbonyl (C=O) groups excluding carboxylic acids is 1. The number of likely N-dealkylation sites (tertiary alicyclic amines) is 1. The standard InChI is InChI=1S/C11H20N2O3/c1-12-10-3-2-4-13(11(10)14)7-9-8-15-5-6-16-9/h9-10,12H,2-8H2,1H3. The number of carbonyl (C=O) groups is 1. The molecule has 2 heterocycles. The Morgan fingerprint density at radius 1 is 1.50 bits per heavy atom. The molecule has 1 amide bonds. The Balaban J connectivity index is 1.85. The molecule has 0 radical (unpaired) electrons. The Hall–Kier alpha value is -0.650. The maximum atomic E-state index is 12.0. The lowest BCUT2D eigenvalue weighted by Crippen LogP contribution is -2.53. The van der Waals surface area contributed by atoms with E-state index in [1.807, 2.05) is 11.9 Å². The van der Waals surface area contributed by atoms with Gasteiger partial charge in [0.15, 0.2) is 0 Å². The zero-order valence-electron chi connectivity index (χ0n) is 9.78. The molecule has 2 aliphatic rings. The van der Waals surface area contributed by atoms with Crippen molar-refractivity contribution in [3.8, 4) is 0 Å². The number of rotatable bonds is 3. The van der Waals surface area contributed by atoms with E-state index in [-0.39, 0.29) is 18.1 Å². The third-order valence-corrected chi connectivity index (χ3v) is 3.19. The summed E-state index contributed by atoms with van der Waals surface area (Å²) in [5.41, 5.74) is 0. The summed E-state index contributed by atoms with van der Waals surface area (Å²) in [6.45, 7) is 3.42. The van der Waals surface area contributed by atoms with Crippen molar-refractivity contribution in [2.45, 2.75) is 25.0 Å². The van der Waals surface area contributed by atoms with Gasteiger partial charge in [0.1, 0.15) is 0 Å². The van der Waals surface area contributed by atoms with Gasteiger partial charge in [-0.3, -0.25) is 4.79 Å². The molecule has 2 fully saturated rings. The Morgan fingerprint density at radius 3 is 3.06 bits per heavy atom. The Labute approximate surface area is 96.1 Å². The van der Waals surface area contributed by atoms with Gasteiger partial charge in [-0.15, -0.1) is 0 Å². The number of nitrogens with zero attached hydrogens (tertiary/aromatic N) is 1. The lowest BCUT2D eigenvalue weighted by molar-refractivity contribution is -0.142. The quantitative estimate of drug-likeness (QED) is 0.715. The van der Waals surface area contributed by atoms with Crippen molar-refractivity contribution >= 4 is 5.91 Å². The van der Waals surface area contributed by atoms with Crippen LogP contribution in [-0.4, -0.2) is 62.9 Å². The normalized spacial score (nSPS) is 31.8. The van der Waals surface area contributed by atoms with Gasteiger partial charge in [-0.25, -0.2) is 0 Å². The molecule has 2 saturated heterocycles. The number of piperidine rings is 1. The highest BCUT2D eigenvalue weighted by Gasteiger charge is 2.29. The topological polar surface area (TPSA) is 50.8 Å². The molecule has 0 bridgehead atoms. The summed E-state index contributed by atoms with van der Waals surface area (Å²) in [6.07, 6.45) is 2.05. The minimum absolute atomic E-state index is 0.0155. The third-order valence-electron chi connectivity index (χ3n) is 3.19. The largest absolute Gasteiger partial charge is 0.376 e. The van der Waals surface area contributed by atoms with Gasteiger partial charge in [-0.2, -0.15) is 0 Å².